The van der Waals surface area contributed by atoms with E-state index in [1.54, 1.807) is 0 Å². The number of likely N-dealkylation sites (N-methyl/N-ethyl adjacent to an activating group) is 1. The van der Waals surface area contributed by atoms with Gasteiger partial charge in [0, 0.05) is 12.6 Å². The number of hydrogen-bond acceptors (Lipinski definition) is 2. The van der Waals surface area contributed by atoms with Crippen LogP contribution in [-0.2, 0) is 4.74 Å². The van der Waals surface area contributed by atoms with Gasteiger partial charge in [0.15, 0.2) is 0 Å². The lowest BCUT2D eigenvalue weighted by atomic mass is 10.1. The molecule has 0 radical (unpaired) electrons. The van der Waals surface area contributed by atoms with E-state index < -0.39 is 0 Å². The van der Waals surface area contributed by atoms with Gasteiger partial charge in [-0.05, 0) is 25.8 Å². The van der Waals surface area contributed by atoms with Gasteiger partial charge in [-0.3, -0.25) is 0 Å². The van der Waals surface area contributed by atoms with Crippen molar-refractivity contribution in [3.8, 4) is 0 Å². The lowest BCUT2D eigenvalue weighted by molar-refractivity contribution is 0.102. The molecule has 0 bridgehead atoms. The van der Waals surface area contributed by atoms with Crippen molar-refractivity contribution in [2.75, 3.05) is 20.3 Å². The van der Waals surface area contributed by atoms with Crippen molar-refractivity contribution in [2.24, 2.45) is 5.92 Å². The first-order chi connectivity index (χ1) is 6.20. The monoisotopic (exact) mass is 187 g/mol. The van der Waals surface area contributed by atoms with Gasteiger partial charge in [-0.2, -0.15) is 0 Å². The van der Waals surface area contributed by atoms with Gasteiger partial charge in [0.05, 0.1) is 6.61 Å². The van der Waals surface area contributed by atoms with Crippen LogP contribution in [0.4, 0.5) is 0 Å². The Kier molecular flexibility index (Phi) is 8.46. The number of rotatable bonds is 8. The standard InChI is InChI=1S/C11H25NO/c1-5-6-11(12-4)9-13-8-7-10(2)3/h10-12H,5-9H2,1-4H3. The second-order valence-electron chi connectivity index (χ2n) is 4.03. The molecule has 0 heterocycles. The van der Waals surface area contributed by atoms with Crippen molar-refractivity contribution in [1.29, 1.82) is 0 Å². The summed E-state index contributed by atoms with van der Waals surface area (Å²) in [6.07, 6.45) is 3.60. The fourth-order valence-electron chi connectivity index (χ4n) is 1.20. The summed E-state index contributed by atoms with van der Waals surface area (Å²) in [4.78, 5) is 0. The minimum Gasteiger partial charge on any atom is -0.380 e. The van der Waals surface area contributed by atoms with Crippen molar-refractivity contribution in [2.45, 2.75) is 46.1 Å². The van der Waals surface area contributed by atoms with Gasteiger partial charge in [-0.15, -0.1) is 0 Å². The minimum atomic E-state index is 0.539. The maximum absolute atomic E-state index is 5.59. The third kappa shape index (κ3) is 8.26. The molecule has 0 saturated carbocycles. The molecule has 0 amide bonds. The van der Waals surface area contributed by atoms with Gasteiger partial charge in [0.1, 0.15) is 0 Å². The van der Waals surface area contributed by atoms with E-state index in [2.05, 4.69) is 26.1 Å². The summed E-state index contributed by atoms with van der Waals surface area (Å²) in [6.45, 7) is 8.42. The van der Waals surface area contributed by atoms with Crippen LogP contribution in [0.3, 0.4) is 0 Å². The fourth-order valence-corrected chi connectivity index (χ4v) is 1.20. The third-order valence-corrected chi connectivity index (χ3v) is 2.20. The molecule has 0 saturated heterocycles. The van der Waals surface area contributed by atoms with Crippen LogP contribution in [0.1, 0.15) is 40.0 Å². The Hall–Kier alpha value is -0.0800. The highest BCUT2D eigenvalue weighted by Crippen LogP contribution is 2.01. The minimum absolute atomic E-state index is 0.539. The van der Waals surface area contributed by atoms with Gasteiger partial charge in [0.25, 0.3) is 0 Å². The molecular formula is C11H25NO. The summed E-state index contributed by atoms with van der Waals surface area (Å²) >= 11 is 0. The van der Waals surface area contributed by atoms with Crippen LogP contribution in [0, 0.1) is 5.92 Å². The van der Waals surface area contributed by atoms with E-state index in [0.29, 0.717) is 6.04 Å². The first-order valence-electron chi connectivity index (χ1n) is 5.45. The maximum Gasteiger partial charge on any atom is 0.0619 e. The molecule has 0 aromatic carbocycles. The van der Waals surface area contributed by atoms with Gasteiger partial charge in [0.2, 0.25) is 0 Å². The average molecular weight is 187 g/mol. The Labute approximate surface area is 83.1 Å². The van der Waals surface area contributed by atoms with Crippen LogP contribution < -0.4 is 5.32 Å². The highest BCUT2D eigenvalue weighted by atomic mass is 16.5. The first kappa shape index (κ1) is 12.9. The molecule has 13 heavy (non-hydrogen) atoms. The van der Waals surface area contributed by atoms with Gasteiger partial charge in [-0.1, -0.05) is 27.2 Å². The van der Waals surface area contributed by atoms with Crippen LogP contribution in [0.2, 0.25) is 0 Å². The molecule has 0 spiro atoms. The molecule has 0 aliphatic carbocycles. The lowest BCUT2D eigenvalue weighted by Crippen LogP contribution is -2.30. The van der Waals surface area contributed by atoms with Gasteiger partial charge in [-0.25, -0.2) is 0 Å². The molecule has 1 N–H and O–H groups in total. The summed E-state index contributed by atoms with van der Waals surface area (Å²) in [5.41, 5.74) is 0. The van der Waals surface area contributed by atoms with E-state index in [4.69, 9.17) is 4.74 Å². The molecule has 1 unspecified atom stereocenters. The van der Waals surface area contributed by atoms with Gasteiger partial charge < -0.3 is 10.1 Å². The number of nitrogens with one attached hydrogen (secondary N) is 1. The highest BCUT2D eigenvalue weighted by Gasteiger charge is 2.04. The SMILES string of the molecule is CCCC(COCCC(C)C)NC. The molecule has 1 atom stereocenters. The Bertz CT molecular complexity index is 104. The summed E-state index contributed by atoms with van der Waals surface area (Å²) in [5, 5.41) is 3.27. The molecule has 0 aliphatic heterocycles. The van der Waals surface area contributed by atoms with Crippen molar-refractivity contribution in [3.05, 3.63) is 0 Å². The van der Waals surface area contributed by atoms with Crippen LogP contribution in [-0.4, -0.2) is 26.3 Å². The normalized spacial score (nSPS) is 13.6. The Morgan fingerprint density at radius 1 is 1.23 bits per heavy atom. The van der Waals surface area contributed by atoms with E-state index in [9.17, 15) is 0 Å². The van der Waals surface area contributed by atoms with Crippen LogP contribution in [0.15, 0.2) is 0 Å². The zero-order chi connectivity index (χ0) is 10.1. The smallest absolute Gasteiger partial charge is 0.0619 e. The van der Waals surface area contributed by atoms with Crippen molar-refractivity contribution in [1.82, 2.24) is 5.32 Å². The Balaban J connectivity index is 3.27. The van der Waals surface area contributed by atoms with E-state index in [1.807, 2.05) is 7.05 Å². The van der Waals surface area contributed by atoms with Crippen LogP contribution in [0.5, 0.6) is 0 Å². The molecule has 2 heteroatoms. The first-order valence-corrected chi connectivity index (χ1v) is 5.45. The molecule has 0 fully saturated rings. The fraction of sp³-hybridized carbons (Fsp3) is 1.00. The quantitative estimate of drug-likeness (QED) is 0.589. The molecule has 80 valence electrons. The van der Waals surface area contributed by atoms with Gasteiger partial charge >= 0.3 is 0 Å². The van der Waals surface area contributed by atoms with E-state index in [-0.39, 0.29) is 0 Å². The Morgan fingerprint density at radius 2 is 1.92 bits per heavy atom. The molecular weight excluding hydrogens is 162 g/mol. The van der Waals surface area contributed by atoms with Crippen molar-refractivity contribution >= 4 is 0 Å². The maximum atomic E-state index is 5.59. The zero-order valence-electron chi connectivity index (χ0n) is 9.60. The average Bonchev–Trinajstić information content (AvgIpc) is 2.10. The predicted molar refractivity (Wildman–Crippen MR) is 58.0 cm³/mol. The summed E-state index contributed by atoms with van der Waals surface area (Å²) in [6, 6.07) is 0.539. The summed E-state index contributed by atoms with van der Waals surface area (Å²) in [5.74, 6) is 0.749. The number of hydrogen-bond donors (Lipinski definition) is 1. The topological polar surface area (TPSA) is 21.3 Å². The Morgan fingerprint density at radius 3 is 2.38 bits per heavy atom. The molecule has 0 aromatic rings. The molecule has 0 rings (SSSR count). The third-order valence-electron chi connectivity index (χ3n) is 2.20. The highest BCUT2D eigenvalue weighted by molar-refractivity contribution is 4.61. The van der Waals surface area contributed by atoms with Crippen LogP contribution >= 0.6 is 0 Å². The second-order valence-corrected chi connectivity index (χ2v) is 4.03. The van der Waals surface area contributed by atoms with E-state index >= 15 is 0 Å². The largest absolute Gasteiger partial charge is 0.380 e. The molecule has 2 nitrogen and oxygen atoms in total. The summed E-state index contributed by atoms with van der Waals surface area (Å²) in [7, 11) is 2.01. The summed E-state index contributed by atoms with van der Waals surface area (Å²) < 4.78 is 5.59. The molecule has 0 aromatic heterocycles. The van der Waals surface area contributed by atoms with E-state index in [1.165, 1.54) is 19.3 Å². The van der Waals surface area contributed by atoms with Crippen LogP contribution in [0.25, 0.3) is 0 Å². The number of ether oxygens (including phenoxy) is 1. The second kappa shape index (κ2) is 8.52. The van der Waals surface area contributed by atoms with Crippen molar-refractivity contribution < 1.29 is 4.74 Å². The lowest BCUT2D eigenvalue weighted by Gasteiger charge is -2.15. The molecule has 0 aliphatic rings. The van der Waals surface area contributed by atoms with Crippen molar-refractivity contribution in [3.63, 3.8) is 0 Å². The zero-order valence-corrected chi connectivity index (χ0v) is 9.60. The predicted octanol–water partition coefficient (Wildman–Crippen LogP) is 2.44. The van der Waals surface area contributed by atoms with E-state index in [0.717, 1.165) is 19.1 Å².